The average molecular weight is 254 g/mol. The second-order valence-corrected chi connectivity index (χ2v) is 6.67. The van der Waals surface area contributed by atoms with Crippen molar-refractivity contribution in [3.8, 4) is 0 Å². The number of amides is 1. The van der Waals surface area contributed by atoms with E-state index in [0.717, 1.165) is 30.7 Å². The van der Waals surface area contributed by atoms with Crippen molar-refractivity contribution < 1.29 is 9.53 Å². The fourth-order valence-electron chi connectivity index (χ4n) is 2.99. The molecule has 1 N–H and O–H groups in total. The molecular weight excluding hydrogens is 228 g/mol. The van der Waals surface area contributed by atoms with E-state index in [1.54, 1.807) is 4.90 Å². The molecule has 4 nitrogen and oxygen atoms in total. The van der Waals surface area contributed by atoms with Crippen LogP contribution in [0.5, 0.6) is 0 Å². The molecule has 1 saturated carbocycles. The maximum Gasteiger partial charge on any atom is 0.410 e. The second kappa shape index (κ2) is 5.08. The zero-order chi connectivity index (χ0) is 13.3. The SMILES string of the molecule is CN(CCC1C2CCNCC21)C(=O)OC(C)(C)C. The molecule has 0 aromatic heterocycles. The van der Waals surface area contributed by atoms with E-state index >= 15 is 0 Å². The lowest BCUT2D eigenvalue weighted by atomic mass is 10.2. The summed E-state index contributed by atoms with van der Waals surface area (Å²) in [5.74, 6) is 2.61. The number of carbonyl (C=O) groups excluding carboxylic acids is 1. The molecule has 3 atom stereocenters. The van der Waals surface area contributed by atoms with E-state index in [4.69, 9.17) is 4.74 Å². The van der Waals surface area contributed by atoms with Gasteiger partial charge in [-0.1, -0.05) is 0 Å². The number of piperidine rings is 1. The molecule has 1 aliphatic carbocycles. The number of hydrogen-bond donors (Lipinski definition) is 1. The van der Waals surface area contributed by atoms with Crippen LogP contribution in [0.2, 0.25) is 0 Å². The Labute approximate surface area is 110 Å². The topological polar surface area (TPSA) is 41.6 Å². The van der Waals surface area contributed by atoms with Crippen molar-refractivity contribution in [2.45, 2.75) is 39.2 Å². The molecule has 0 aromatic rings. The van der Waals surface area contributed by atoms with Gasteiger partial charge in [-0.05, 0) is 64.5 Å². The van der Waals surface area contributed by atoms with E-state index in [9.17, 15) is 4.79 Å². The van der Waals surface area contributed by atoms with Crippen molar-refractivity contribution in [1.82, 2.24) is 10.2 Å². The first-order valence-electron chi connectivity index (χ1n) is 7.03. The van der Waals surface area contributed by atoms with E-state index < -0.39 is 5.60 Å². The molecule has 0 spiro atoms. The smallest absolute Gasteiger partial charge is 0.410 e. The Balaban J connectivity index is 1.69. The standard InChI is InChI=1S/C14H26N2O2/c1-14(2,3)18-13(17)16(4)8-6-11-10-5-7-15-9-12(10)11/h10-12,15H,5-9H2,1-4H3. The molecule has 104 valence electrons. The Morgan fingerprint density at radius 3 is 2.67 bits per heavy atom. The van der Waals surface area contributed by atoms with Gasteiger partial charge in [0.05, 0.1) is 0 Å². The number of ether oxygens (including phenoxy) is 1. The molecule has 2 aliphatic rings. The minimum absolute atomic E-state index is 0.204. The van der Waals surface area contributed by atoms with Crippen molar-refractivity contribution >= 4 is 6.09 Å². The highest BCUT2D eigenvalue weighted by atomic mass is 16.6. The van der Waals surface area contributed by atoms with Crippen LogP contribution >= 0.6 is 0 Å². The van der Waals surface area contributed by atoms with Crippen LogP contribution in [0.4, 0.5) is 4.79 Å². The highest BCUT2D eigenvalue weighted by Crippen LogP contribution is 2.51. The van der Waals surface area contributed by atoms with Crippen molar-refractivity contribution in [3.05, 3.63) is 0 Å². The Morgan fingerprint density at radius 2 is 2.11 bits per heavy atom. The zero-order valence-corrected chi connectivity index (χ0v) is 12.0. The van der Waals surface area contributed by atoms with Crippen LogP contribution in [0.25, 0.3) is 0 Å². The molecule has 0 bridgehead atoms. The van der Waals surface area contributed by atoms with Crippen LogP contribution in [0.1, 0.15) is 33.6 Å². The maximum atomic E-state index is 11.8. The normalized spacial score (nSPS) is 30.6. The zero-order valence-electron chi connectivity index (χ0n) is 12.0. The number of carbonyl (C=O) groups is 1. The molecule has 3 unspecified atom stereocenters. The molecule has 2 rings (SSSR count). The third-order valence-corrected chi connectivity index (χ3v) is 4.05. The quantitative estimate of drug-likeness (QED) is 0.838. The largest absolute Gasteiger partial charge is 0.444 e. The summed E-state index contributed by atoms with van der Waals surface area (Å²) in [6.45, 7) is 8.86. The first-order chi connectivity index (χ1) is 8.38. The van der Waals surface area contributed by atoms with Crippen molar-refractivity contribution in [2.75, 3.05) is 26.7 Å². The fraction of sp³-hybridized carbons (Fsp3) is 0.929. The van der Waals surface area contributed by atoms with Crippen LogP contribution in [0, 0.1) is 17.8 Å². The maximum absolute atomic E-state index is 11.8. The molecule has 0 aromatic carbocycles. The van der Waals surface area contributed by atoms with Gasteiger partial charge in [-0.2, -0.15) is 0 Å². The van der Waals surface area contributed by atoms with Gasteiger partial charge in [-0.25, -0.2) is 4.79 Å². The molecule has 0 radical (unpaired) electrons. The van der Waals surface area contributed by atoms with E-state index in [1.807, 2.05) is 27.8 Å². The van der Waals surface area contributed by atoms with Gasteiger partial charge < -0.3 is 15.0 Å². The number of hydrogen-bond acceptors (Lipinski definition) is 3. The van der Waals surface area contributed by atoms with Crippen molar-refractivity contribution in [1.29, 1.82) is 0 Å². The Hall–Kier alpha value is -0.770. The van der Waals surface area contributed by atoms with Gasteiger partial charge in [0, 0.05) is 13.6 Å². The summed E-state index contributed by atoms with van der Waals surface area (Å²) in [4.78, 5) is 13.5. The van der Waals surface area contributed by atoms with Crippen molar-refractivity contribution in [2.24, 2.45) is 17.8 Å². The Kier molecular flexibility index (Phi) is 3.85. The van der Waals surface area contributed by atoms with Gasteiger partial charge in [0.1, 0.15) is 5.60 Å². The fourth-order valence-corrected chi connectivity index (χ4v) is 2.99. The van der Waals surface area contributed by atoms with Gasteiger partial charge in [0.25, 0.3) is 0 Å². The minimum Gasteiger partial charge on any atom is -0.444 e. The first-order valence-corrected chi connectivity index (χ1v) is 7.03. The van der Waals surface area contributed by atoms with Crippen LogP contribution in [-0.4, -0.2) is 43.3 Å². The number of nitrogens with one attached hydrogen (secondary N) is 1. The second-order valence-electron chi connectivity index (χ2n) is 6.67. The van der Waals surface area contributed by atoms with Gasteiger partial charge >= 0.3 is 6.09 Å². The summed E-state index contributed by atoms with van der Waals surface area (Å²) in [6, 6.07) is 0. The summed E-state index contributed by atoms with van der Waals surface area (Å²) in [7, 11) is 1.83. The Morgan fingerprint density at radius 1 is 1.39 bits per heavy atom. The minimum atomic E-state index is -0.400. The lowest BCUT2D eigenvalue weighted by Crippen LogP contribution is -2.34. The summed E-state index contributed by atoms with van der Waals surface area (Å²) < 4.78 is 5.35. The predicted octanol–water partition coefficient (Wildman–Crippen LogP) is 2.10. The van der Waals surface area contributed by atoms with Crippen LogP contribution in [0.3, 0.4) is 0 Å². The molecular formula is C14H26N2O2. The monoisotopic (exact) mass is 254 g/mol. The predicted molar refractivity (Wildman–Crippen MR) is 71.4 cm³/mol. The Bertz CT molecular complexity index is 299. The third-order valence-electron chi connectivity index (χ3n) is 4.05. The number of nitrogens with zero attached hydrogens (tertiary/aromatic N) is 1. The van der Waals surface area contributed by atoms with Crippen LogP contribution in [-0.2, 0) is 4.74 Å². The first kappa shape index (κ1) is 13.7. The molecule has 4 heteroatoms. The van der Waals surface area contributed by atoms with E-state index in [2.05, 4.69) is 5.32 Å². The van der Waals surface area contributed by atoms with Crippen molar-refractivity contribution in [3.63, 3.8) is 0 Å². The number of fused-ring (bicyclic) bond motifs is 1. The third kappa shape index (κ3) is 3.37. The van der Waals surface area contributed by atoms with Gasteiger partial charge in [-0.15, -0.1) is 0 Å². The molecule has 1 aliphatic heterocycles. The molecule has 1 amide bonds. The van der Waals surface area contributed by atoms with E-state index in [1.165, 1.54) is 19.5 Å². The van der Waals surface area contributed by atoms with Gasteiger partial charge in [0.15, 0.2) is 0 Å². The molecule has 18 heavy (non-hydrogen) atoms. The summed E-state index contributed by atoms with van der Waals surface area (Å²) >= 11 is 0. The van der Waals surface area contributed by atoms with Gasteiger partial charge in [-0.3, -0.25) is 0 Å². The highest BCUT2D eigenvalue weighted by molar-refractivity contribution is 5.67. The summed E-state index contributed by atoms with van der Waals surface area (Å²) in [5.41, 5.74) is -0.400. The van der Waals surface area contributed by atoms with Crippen LogP contribution in [0.15, 0.2) is 0 Å². The number of rotatable bonds is 3. The van der Waals surface area contributed by atoms with Gasteiger partial charge in [0.2, 0.25) is 0 Å². The van der Waals surface area contributed by atoms with E-state index in [-0.39, 0.29) is 6.09 Å². The molecule has 1 saturated heterocycles. The molecule has 2 fully saturated rings. The summed E-state index contributed by atoms with van der Waals surface area (Å²) in [6.07, 6.45) is 2.22. The van der Waals surface area contributed by atoms with Crippen LogP contribution < -0.4 is 5.32 Å². The lowest BCUT2D eigenvalue weighted by molar-refractivity contribution is 0.0294. The molecule has 1 heterocycles. The van der Waals surface area contributed by atoms with E-state index in [0.29, 0.717) is 0 Å². The average Bonchev–Trinajstić information content (AvgIpc) is 2.97. The summed E-state index contributed by atoms with van der Waals surface area (Å²) in [5, 5.41) is 3.44. The highest BCUT2D eigenvalue weighted by Gasteiger charge is 2.49. The lowest BCUT2D eigenvalue weighted by Gasteiger charge is -2.24.